The number of hydrogen-bond donors (Lipinski definition) is 2. The zero-order valence-corrected chi connectivity index (χ0v) is 13.0. The van der Waals surface area contributed by atoms with Gasteiger partial charge in [0.15, 0.2) is 0 Å². The van der Waals surface area contributed by atoms with Crippen molar-refractivity contribution >= 4 is 5.91 Å². The van der Waals surface area contributed by atoms with Crippen molar-refractivity contribution in [3.05, 3.63) is 69.6 Å². The number of amides is 1. The summed E-state index contributed by atoms with van der Waals surface area (Å²) in [6.07, 6.45) is -3.91. The Hall–Kier alpha value is -2.61. The van der Waals surface area contributed by atoms with Crippen LogP contribution >= 0.6 is 0 Å². The lowest BCUT2D eigenvalue weighted by atomic mass is 10.0. The first-order valence-corrected chi connectivity index (χ1v) is 7.60. The van der Waals surface area contributed by atoms with Crippen LogP contribution in [0.25, 0.3) is 0 Å². The molecule has 0 radical (unpaired) electrons. The normalized spacial score (nSPS) is 20.7. The molecule has 3 rings (SSSR count). The second-order valence-corrected chi connectivity index (χ2v) is 5.93. The van der Waals surface area contributed by atoms with Crippen LogP contribution < -0.4 is 5.56 Å². The molecule has 25 heavy (non-hydrogen) atoms. The Morgan fingerprint density at radius 1 is 1.24 bits per heavy atom. The van der Waals surface area contributed by atoms with Crippen molar-refractivity contribution < 1.29 is 23.1 Å². The highest BCUT2D eigenvalue weighted by molar-refractivity contribution is 5.94. The van der Waals surface area contributed by atoms with Crippen LogP contribution in [0.2, 0.25) is 0 Å². The molecule has 0 bridgehead atoms. The first kappa shape index (κ1) is 17.2. The Labute approximate surface area is 140 Å². The van der Waals surface area contributed by atoms with Crippen LogP contribution in [0, 0.1) is 0 Å². The van der Waals surface area contributed by atoms with Gasteiger partial charge in [0.05, 0.1) is 23.3 Å². The number of likely N-dealkylation sites (tertiary alicyclic amines) is 1. The monoisotopic (exact) mass is 352 g/mol. The summed E-state index contributed by atoms with van der Waals surface area (Å²) < 4.78 is 38.8. The molecule has 1 fully saturated rings. The summed E-state index contributed by atoms with van der Waals surface area (Å²) in [5.41, 5.74) is -0.662. The number of aliphatic hydroxyl groups is 1. The van der Waals surface area contributed by atoms with Crippen molar-refractivity contribution in [3.63, 3.8) is 0 Å². The highest BCUT2D eigenvalue weighted by Crippen LogP contribution is 2.36. The molecule has 0 unspecified atom stereocenters. The van der Waals surface area contributed by atoms with E-state index in [4.69, 9.17) is 0 Å². The van der Waals surface area contributed by atoms with Gasteiger partial charge in [0.2, 0.25) is 5.56 Å². The van der Waals surface area contributed by atoms with Crippen molar-refractivity contribution in [2.75, 3.05) is 6.54 Å². The molecule has 1 saturated heterocycles. The summed E-state index contributed by atoms with van der Waals surface area (Å²) in [7, 11) is 0. The molecule has 2 heterocycles. The fourth-order valence-corrected chi connectivity index (χ4v) is 2.99. The van der Waals surface area contributed by atoms with Crippen LogP contribution in [0.15, 0.2) is 47.4 Å². The first-order valence-electron chi connectivity index (χ1n) is 7.60. The number of aliphatic hydroxyl groups excluding tert-OH is 1. The number of carbonyl (C=O) groups is 1. The maximum absolute atomic E-state index is 12.9. The number of rotatable bonds is 2. The number of nitrogens with one attached hydrogen (secondary N) is 1. The first-order chi connectivity index (χ1) is 11.8. The van der Waals surface area contributed by atoms with Gasteiger partial charge < -0.3 is 15.0 Å². The van der Waals surface area contributed by atoms with E-state index in [2.05, 4.69) is 4.98 Å². The largest absolute Gasteiger partial charge is 0.416 e. The number of nitrogens with zero attached hydrogens (tertiary/aromatic N) is 1. The minimum Gasteiger partial charge on any atom is -0.391 e. The summed E-state index contributed by atoms with van der Waals surface area (Å²) in [5, 5.41) is 9.93. The average molecular weight is 352 g/mol. The zero-order chi connectivity index (χ0) is 18.2. The van der Waals surface area contributed by atoms with Crippen LogP contribution in [0.3, 0.4) is 0 Å². The molecule has 1 aliphatic rings. The van der Waals surface area contributed by atoms with E-state index in [9.17, 15) is 27.9 Å². The molecule has 2 atom stereocenters. The SMILES string of the molecule is O=C(c1ccc(=O)[nH]c1)N1C[C@H](O)C[C@@H]1c1cccc(C(F)(F)F)c1. The highest BCUT2D eigenvalue weighted by Gasteiger charge is 2.37. The number of alkyl halides is 3. The summed E-state index contributed by atoms with van der Waals surface area (Å²) in [6.45, 7) is 0.0128. The molecule has 2 N–H and O–H groups in total. The lowest BCUT2D eigenvalue weighted by Crippen LogP contribution is -2.32. The Bertz CT molecular complexity index is 827. The second kappa shape index (κ2) is 6.36. The summed E-state index contributed by atoms with van der Waals surface area (Å²) >= 11 is 0. The van der Waals surface area contributed by atoms with Crippen molar-refractivity contribution in [2.45, 2.75) is 24.7 Å². The minimum atomic E-state index is -4.49. The highest BCUT2D eigenvalue weighted by atomic mass is 19.4. The lowest BCUT2D eigenvalue weighted by Gasteiger charge is -2.25. The molecular formula is C17H15F3N2O3. The van der Waals surface area contributed by atoms with Gasteiger partial charge in [0, 0.05) is 18.8 Å². The van der Waals surface area contributed by atoms with Gasteiger partial charge in [0.25, 0.3) is 5.91 Å². The van der Waals surface area contributed by atoms with Crippen molar-refractivity contribution in [3.8, 4) is 0 Å². The molecule has 1 aliphatic heterocycles. The van der Waals surface area contributed by atoms with Gasteiger partial charge in [-0.15, -0.1) is 0 Å². The topological polar surface area (TPSA) is 73.4 Å². The molecule has 1 aromatic carbocycles. The third kappa shape index (κ3) is 3.58. The molecule has 0 aliphatic carbocycles. The smallest absolute Gasteiger partial charge is 0.391 e. The number of aromatic amines is 1. The lowest BCUT2D eigenvalue weighted by molar-refractivity contribution is -0.137. The maximum Gasteiger partial charge on any atom is 0.416 e. The van der Waals surface area contributed by atoms with Gasteiger partial charge in [0.1, 0.15) is 0 Å². The van der Waals surface area contributed by atoms with Crippen LogP contribution in [0.5, 0.6) is 0 Å². The van der Waals surface area contributed by atoms with E-state index in [0.717, 1.165) is 12.1 Å². The van der Waals surface area contributed by atoms with Gasteiger partial charge in [-0.25, -0.2) is 0 Å². The summed E-state index contributed by atoms with van der Waals surface area (Å²) in [6, 6.07) is 6.61. The molecule has 1 aromatic heterocycles. The Morgan fingerprint density at radius 3 is 2.64 bits per heavy atom. The average Bonchev–Trinajstić information content (AvgIpc) is 2.96. The predicted molar refractivity (Wildman–Crippen MR) is 82.9 cm³/mol. The van der Waals surface area contributed by atoms with Crippen LogP contribution in [0.1, 0.15) is 33.9 Å². The van der Waals surface area contributed by atoms with Gasteiger partial charge in [-0.05, 0) is 30.2 Å². The zero-order valence-electron chi connectivity index (χ0n) is 13.0. The molecule has 5 nitrogen and oxygen atoms in total. The predicted octanol–water partition coefficient (Wildman–Crippen LogP) is 2.34. The third-order valence-corrected chi connectivity index (χ3v) is 4.17. The Kier molecular flexibility index (Phi) is 4.38. The second-order valence-electron chi connectivity index (χ2n) is 5.93. The number of H-pyrrole nitrogens is 1. The van der Waals surface area contributed by atoms with E-state index in [0.29, 0.717) is 5.56 Å². The molecule has 1 amide bonds. The Morgan fingerprint density at radius 2 is 2.00 bits per heavy atom. The van der Waals surface area contributed by atoms with Crippen molar-refractivity contribution in [1.29, 1.82) is 0 Å². The number of carbonyl (C=O) groups excluding carboxylic acids is 1. The van der Waals surface area contributed by atoms with Crippen LogP contribution in [-0.4, -0.2) is 33.5 Å². The summed E-state index contributed by atoms with van der Waals surface area (Å²) in [4.78, 5) is 27.5. The fraction of sp³-hybridized carbons (Fsp3) is 0.294. The molecule has 132 valence electrons. The summed E-state index contributed by atoms with van der Waals surface area (Å²) in [5.74, 6) is -0.463. The number of benzene rings is 1. The van der Waals surface area contributed by atoms with Crippen LogP contribution in [-0.2, 0) is 6.18 Å². The molecule has 0 spiro atoms. The van der Waals surface area contributed by atoms with Gasteiger partial charge in [-0.3, -0.25) is 9.59 Å². The maximum atomic E-state index is 12.9. The number of β-amino-alcohol motifs (C(OH)–C–C–N with tert-alkyl or cyclic N) is 1. The molecule has 2 aromatic rings. The van der Waals surface area contributed by atoms with E-state index < -0.39 is 29.8 Å². The quantitative estimate of drug-likeness (QED) is 0.871. The van der Waals surface area contributed by atoms with Crippen molar-refractivity contribution in [2.24, 2.45) is 0 Å². The van der Waals surface area contributed by atoms with E-state index >= 15 is 0 Å². The number of hydrogen-bond acceptors (Lipinski definition) is 3. The molecule has 8 heteroatoms. The number of pyridine rings is 1. The van der Waals surface area contributed by atoms with Gasteiger partial charge in [-0.2, -0.15) is 13.2 Å². The number of aromatic nitrogens is 1. The molecule has 0 saturated carbocycles. The fourth-order valence-electron chi connectivity index (χ4n) is 2.99. The molecular weight excluding hydrogens is 337 g/mol. The van der Waals surface area contributed by atoms with E-state index in [-0.39, 0.29) is 24.1 Å². The third-order valence-electron chi connectivity index (χ3n) is 4.17. The van der Waals surface area contributed by atoms with Gasteiger partial charge >= 0.3 is 6.18 Å². The standard InChI is InChI=1S/C17H15F3N2O3/c18-17(19,20)12-3-1-2-10(6-12)14-7-13(23)9-22(14)16(25)11-4-5-15(24)21-8-11/h1-6,8,13-14,23H,7,9H2,(H,21,24)/t13-,14-/m1/s1. The van der Waals surface area contributed by atoms with E-state index in [1.54, 1.807) is 0 Å². The minimum absolute atomic E-state index is 0.0128. The Balaban J connectivity index is 1.93. The van der Waals surface area contributed by atoms with Crippen LogP contribution in [0.4, 0.5) is 13.2 Å². The van der Waals surface area contributed by atoms with Crippen molar-refractivity contribution in [1.82, 2.24) is 9.88 Å². The van der Waals surface area contributed by atoms with E-state index in [1.165, 1.54) is 35.4 Å². The van der Waals surface area contributed by atoms with Gasteiger partial charge in [-0.1, -0.05) is 12.1 Å². The number of halogens is 3. The van der Waals surface area contributed by atoms with E-state index in [1.807, 2.05) is 0 Å².